The molecule has 74 valence electrons. The molecule has 1 saturated carbocycles. The van der Waals surface area contributed by atoms with Crippen molar-refractivity contribution in [3.05, 3.63) is 0 Å². The number of hydrogen-bond donors (Lipinski definition) is 1. The summed E-state index contributed by atoms with van der Waals surface area (Å²) in [6, 6.07) is 0. The second-order valence-corrected chi connectivity index (χ2v) is 3.84. The van der Waals surface area contributed by atoms with Crippen molar-refractivity contribution in [3.63, 3.8) is 0 Å². The maximum absolute atomic E-state index is 12.6. The molecule has 0 aromatic heterocycles. The average Bonchev–Trinajstić information content (AvgIpc) is 2.04. The van der Waals surface area contributed by atoms with Crippen LogP contribution in [-0.4, -0.2) is 17.6 Å². The van der Waals surface area contributed by atoms with Gasteiger partial charge in [0.15, 0.2) is 0 Å². The lowest BCUT2D eigenvalue weighted by atomic mass is 9.71. The van der Waals surface area contributed by atoms with Gasteiger partial charge in [0.05, 0.1) is 0 Å². The molecule has 3 fully saturated rings. The van der Waals surface area contributed by atoms with Crippen molar-refractivity contribution in [2.45, 2.75) is 37.4 Å². The Kier molecular flexibility index (Phi) is 1.63. The van der Waals surface area contributed by atoms with E-state index in [-0.39, 0.29) is 18.8 Å². The molecule has 0 atom stereocenters. The summed E-state index contributed by atoms with van der Waals surface area (Å²) in [5.74, 6) is -0.598. The number of amides is 1. The van der Waals surface area contributed by atoms with Gasteiger partial charge in [0.1, 0.15) is 5.54 Å². The smallest absolute Gasteiger partial charge is 0.342 e. The Labute approximate surface area is 73.5 Å². The number of hydrogen-bond acceptors (Lipinski definition) is 1. The van der Waals surface area contributed by atoms with Gasteiger partial charge in [0.2, 0.25) is 5.91 Å². The summed E-state index contributed by atoms with van der Waals surface area (Å²) in [5, 5.41) is 2.11. The lowest BCUT2D eigenvalue weighted by Crippen LogP contribution is -2.66. The van der Waals surface area contributed by atoms with Crippen LogP contribution in [0, 0.1) is 5.92 Å². The number of nitrogens with one attached hydrogen (secondary N) is 1. The maximum Gasteiger partial charge on any atom is 0.411 e. The minimum atomic E-state index is -4.30. The largest absolute Gasteiger partial charge is 0.411 e. The minimum absolute atomic E-state index is 0.0485. The Balaban J connectivity index is 2.28. The highest BCUT2D eigenvalue weighted by Gasteiger charge is 2.60. The Morgan fingerprint density at radius 1 is 1.31 bits per heavy atom. The highest BCUT2D eigenvalue weighted by Crippen LogP contribution is 2.46. The van der Waals surface area contributed by atoms with E-state index < -0.39 is 17.6 Å². The Hall–Kier alpha value is -0.740. The lowest BCUT2D eigenvalue weighted by molar-refractivity contribution is -0.218. The molecule has 5 heteroatoms. The molecule has 2 heterocycles. The van der Waals surface area contributed by atoms with Gasteiger partial charge >= 0.3 is 6.18 Å². The van der Waals surface area contributed by atoms with Crippen LogP contribution in [0.4, 0.5) is 13.2 Å². The van der Waals surface area contributed by atoms with Gasteiger partial charge in [-0.1, -0.05) is 0 Å². The van der Waals surface area contributed by atoms with Gasteiger partial charge in [-0.25, -0.2) is 0 Å². The summed E-state index contributed by atoms with van der Waals surface area (Å²) >= 11 is 0. The monoisotopic (exact) mass is 193 g/mol. The normalized spacial score (nSPS) is 39.0. The molecule has 0 aromatic carbocycles. The topological polar surface area (TPSA) is 29.1 Å². The van der Waals surface area contributed by atoms with Crippen LogP contribution < -0.4 is 5.32 Å². The third kappa shape index (κ3) is 1.13. The van der Waals surface area contributed by atoms with Crippen LogP contribution in [0.3, 0.4) is 0 Å². The first kappa shape index (κ1) is 8.84. The number of halogens is 3. The molecule has 0 radical (unpaired) electrons. The van der Waals surface area contributed by atoms with Gasteiger partial charge in [-0.05, 0) is 25.7 Å². The molecule has 0 aromatic rings. The molecular weight excluding hydrogens is 183 g/mol. The van der Waals surface area contributed by atoms with E-state index in [0.29, 0.717) is 12.8 Å². The molecule has 13 heavy (non-hydrogen) atoms. The summed E-state index contributed by atoms with van der Waals surface area (Å²) in [4.78, 5) is 11.1. The van der Waals surface area contributed by atoms with Gasteiger partial charge in [-0.15, -0.1) is 0 Å². The molecule has 3 aliphatic rings. The van der Waals surface area contributed by atoms with Crippen LogP contribution in [0.1, 0.15) is 25.7 Å². The van der Waals surface area contributed by atoms with Gasteiger partial charge < -0.3 is 5.32 Å². The van der Waals surface area contributed by atoms with Crippen LogP contribution in [0.2, 0.25) is 0 Å². The molecule has 2 aliphatic heterocycles. The van der Waals surface area contributed by atoms with Gasteiger partial charge in [0, 0.05) is 5.92 Å². The van der Waals surface area contributed by atoms with Gasteiger partial charge in [0.25, 0.3) is 0 Å². The molecule has 0 spiro atoms. The van der Waals surface area contributed by atoms with E-state index in [0.717, 1.165) is 0 Å². The minimum Gasteiger partial charge on any atom is -0.342 e. The van der Waals surface area contributed by atoms with Crippen molar-refractivity contribution in [3.8, 4) is 0 Å². The first-order valence-corrected chi connectivity index (χ1v) is 4.33. The molecule has 2 nitrogen and oxygen atoms in total. The van der Waals surface area contributed by atoms with Crippen LogP contribution >= 0.6 is 0 Å². The number of rotatable bonds is 0. The first-order valence-electron chi connectivity index (χ1n) is 4.33. The van der Waals surface area contributed by atoms with E-state index in [1.807, 2.05) is 0 Å². The number of alkyl halides is 3. The summed E-state index contributed by atoms with van der Waals surface area (Å²) in [7, 11) is 0. The van der Waals surface area contributed by atoms with Crippen LogP contribution in [0.25, 0.3) is 0 Å². The average molecular weight is 193 g/mol. The standard InChI is InChI=1S/C8H10F3NO/c9-8(10,11)7-3-1-5(2-4-7)6(13)12-7/h5H,1-4H2,(H,12,13). The molecule has 1 N–H and O–H groups in total. The summed E-state index contributed by atoms with van der Waals surface area (Å²) < 4.78 is 37.7. The third-order valence-corrected chi connectivity index (χ3v) is 3.12. The van der Waals surface area contributed by atoms with Crippen molar-refractivity contribution in [2.75, 3.05) is 0 Å². The van der Waals surface area contributed by atoms with E-state index in [9.17, 15) is 18.0 Å². The predicted molar refractivity (Wildman–Crippen MR) is 38.9 cm³/mol. The Morgan fingerprint density at radius 3 is 2.15 bits per heavy atom. The highest BCUT2D eigenvalue weighted by atomic mass is 19.4. The molecule has 0 unspecified atom stereocenters. The van der Waals surface area contributed by atoms with E-state index in [1.165, 1.54) is 0 Å². The predicted octanol–water partition coefficient (Wildman–Crippen LogP) is 1.61. The second-order valence-electron chi connectivity index (χ2n) is 3.84. The quantitative estimate of drug-likeness (QED) is 0.622. The van der Waals surface area contributed by atoms with Crippen molar-refractivity contribution in [1.82, 2.24) is 5.32 Å². The third-order valence-electron chi connectivity index (χ3n) is 3.12. The van der Waals surface area contributed by atoms with Crippen molar-refractivity contribution >= 4 is 5.91 Å². The van der Waals surface area contributed by atoms with Crippen molar-refractivity contribution < 1.29 is 18.0 Å². The van der Waals surface area contributed by atoms with Crippen molar-refractivity contribution in [2.24, 2.45) is 5.92 Å². The fourth-order valence-corrected chi connectivity index (χ4v) is 2.19. The molecule has 2 bridgehead atoms. The zero-order valence-electron chi connectivity index (χ0n) is 6.95. The van der Waals surface area contributed by atoms with Gasteiger partial charge in [-0.2, -0.15) is 13.2 Å². The second kappa shape index (κ2) is 2.39. The number of carbonyl (C=O) groups is 1. The first-order chi connectivity index (χ1) is 5.95. The fraction of sp³-hybridized carbons (Fsp3) is 0.875. The maximum atomic E-state index is 12.6. The van der Waals surface area contributed by atoms with E-state index in [2.05, 4.69) is 5.32 Å². The SMILES string of the molecule is O=C1NC2(C(F)(F)F)CCC1CC2. The van der Waals surface area contributed by atoms with E-state index in [4.69, 9.17) is 0 Å². The van der Waals surface area contributed by atoms with Crippen molar-refractivity contribution in [1.29, 1.82) is 0 Å². The summed E-state index contributed by atoms with van der Waals surface area (Å²) in [6.45, 7) is 0. The fourth-order valence-electron chi connectivity index (χ4n) is 2.19. The Morgan fingerprint density at radius 2 is 1.85 bits per heavy atom. The van der Waals surface area contributed by atoms with Gasteiger partial charge in [-0.3, -0.25) is 4.79 Å². The molecule has 1 aliphatic carbocycles. The zero-order valence-corrected chi connectivity index (χ0v) is 6.95. The molecule has 1 amide bonds. The van der Waals surface area contributed by atoms with E-state index in [1.54, 1.807) is 0 Å². The molecular formula is C8H10F3NO. The summed E-state index contributed by atoms with van der Waals surface area (Å²) in [5.41, 5.74) is -1.90. The molecule has 3 rings (SSSR count). The number of fused-ring (bicyclic) bond motifs is 3. The Bertz CT molecular complexity index is 240. The summed E-state index contributed by atoms with van der Waals surface area (Å²) in [6.07, 6.45) is -3.44. The number of carbonyl (C=O) groups excluding carboxylic acids is 1. The lowest BCUT2D eigenvalue weighted by Gasteiger charge is -2.47. The highest BCUT2D eigenvalue weighted by molar-refractivity contribution is 5.81. The zero-order chi connectivity index (χ0) is 9.69. The van der Waals surface area contributed by atoms with E-state index >= 15 is 0 Å². The molecule has 2 saturated heterocycles. The van der Waals surface area contributed by atoms with Crippen LogP contribution in [0.15, 0.2) is 0 Å². The number of piperidine rings is 2. The van der Waals surface area contributed by atoms with Crippen LogP contribution in [0.5, 0.6) is 0 Å². The van der Waals surface area contributed by atoms with Crippen LogP contribution in [-0.2, 0) is 4.79 Å².